The van der Waals surface area contributed by atoms with Crippen LogP contribution >= 0.6 is 27.7 Å². The van der Waals surface area contributed by atoms with Crippen LogP contribution in [0.4, 0.5) is 5.95 Å². The van der Waals surface area contributed by atoms with Crippen molar-refractivity contribution >= 4 is 39.6 Å². The summed E-state index contributed by atoms with van der Waals surface area (Å²) < 4.78 is 20.2. The van der Waals surface area contributed by atoms with E-state index in [-0.39, 0.29) is 5.97 Å². The van der Waals surface area contributed by atoms with Crippen LogP contribution in [0.3, 0.4) is 0 Å². The van der Waals surface area contributed by atoms with Crippen molar-refractivity contribution in [1.29, 1.82) is 0 Å². The number of aromatic nitrogens is 3. The van der Waals surface area contributed by atoms with Gasteiger partial charge in [-0.3, -0.25) is 0 Å². The fraction of sp³-hybridized carbons (Fsp3) is 0.393. The average Bonchev–Trinajstić information content (AvgIpc) is 3.33. The summed E-state index contributed by atoms with van der Waals surface area (Å²) in [5.41, 5.74) is 3.05. The van der Waals surface area contributed by atoms with E-state index in [9.17, 15) is 4.79 Å². The van der Waals surface area contributed by atoms with Gasteiger partial charge in [-0.25, -0.2) is 9.48 Å². The van der Waals surface area contributed by atoms with E-state index >= 15 is 0 Å². The molecule has 0 bridgehead atoms. The van der Waals surface area contributed by atoms with Gasteiger partial charge in [0.25, 0.3) is 0 Å². The highest BCUT2D eigenvalue weighted by molar-refractivity contribution is 9.10. The minimum atomic E-state index is -0.529. The third-order valence-corrected chi connectivity index (χ3v) is 7.60. The van der Waals surface area contributed by atoms with Crippen molar-refractivity contribution in [3.63, 3.8) is 0 Å². The predicted octanol–water partition coefficient (Wildman–Crippen LogP) is 6.76. The van der Waals surface area contributed by atoms with Gasteiger partial charge in [0.05, 0.1) is 19.3 Å². The summed E-state index contributed by atoms with van der Waals surface area (Å²) in [6, 6.07) is 13.1. The lowest BCUT2D eigenvalue weighted by molar-refractivity contribution is -0.139. The molecule has 1 aromatic heterocycles. The van der Waals surface area contributed by atoms with Crippen LogP contribution in [-0.2, 0) is 16.1 Å². The number of halogens is 1. The Kier molecular flexibility index (Phi) is 9.74. The van der Waals surface area contributed by atoms with Crippen LogP contribution in [0.25, 0.3) is 0 Å². The summed E-state index contributed by atoms with van der Waals surface area (Å²) >= 11 is 5.05. The van der Waals surface area contributed by atoms with E-state index in [1.165, 1.54) is 0 Å². The van der Waals surface area contributed by atoms with Crippen LogP contribution in [0.15, 0.2) is 63.4 Å². The molecule has 0 saturated heterocycles. The molecule has 0 fully saturated rings. The van der Waals surface area contributed by atoms with Gasteiger partial charge in [-0.15, -0.1) is 5.10 Å². The first-order valence-electron chi connectivity index (χ1n) is 12.7. The lowest BCUT2D eigenvalue weighted by Crippen LogP contribution is -2.29. The molecule has 1 aliphatic rings. The fourth-order valence-electron chi connectivity index (χ4n) is 4.06. The lowest BCUT2D eigenvalue weighted by atomic mass is 9.95. The molecule has 0 amide bonds. The monoisotopic (exact) mass is 600 g/mol. The second kappa shape index (κ2) is 13.2. The number of fused-ring (bicyclic) bond motifs is 1. The summed E-state index contributed by atoms with van der Waals surface area (Å²) in [4.78, 5) is 18.0. The zero-order chi connectivity index (χ0) is 27.1. The molecule has 1 atom stereocenters. The Morgan fingerprint density at radius 3 is 2.63 bits per heavy atom. The molecule has 0 spiro atoms. The number of carbonyl (C=O) groups excluding carboxylic acids is 1. The molecule has 2 aromatic carbocycles. The molecule has 8 nitrogen and oxygen atoms in total. The van der Waals surface area contributed by atoms with E-state index in [0.717, 1.165) is 40.6 Å². The van der Waals surface area contributed by atoms with Crippen molar-refractivity contribution in [3.05, 3.63) is 69.3 Å². The quantitative estimate of drug-likeness (QED) is 0.138. The summed E-state index contributed by atoms with van der Waals surface area (Å²) in [6.45, 7) is 6.82. The first kappa shape index (κ1) is 28.0. The zero-order valence-corrected chi connectivity index (χ0v) is 24.5. The third kappa shape index (κ3) is 6.53. The van der Waals surface area contributed by atoms with Crippen molar-refractivity contribution in [1.82, 2.24) is 14.8 Å². The Bertz CT molecular complexity index is 1290. The molecular formula is C28H33BrN4O4S. The highest BCUT2D eigenvalue weighted by Crippen LogP contribution is 2.40. The Balaban J connectivity index is 1.68. The Morgan fingerprint density at radius 2 is 1.92 bits per heavy atom. The van der Waals surface area contributed by atoms with E-state index in [0.29, 0.717) is 47.1 Å². The minimum Gasteiger partial charge on any atom is -0.493 e. The molecule has 1 N–H and O–H groups in total. The summed E-state index contributed by atoms with van der Waals surface area (Å²) in [5, 5.41) is 8.68. The summed E-state index contributed by atoms with van der Waals surface area (Å²) in [6.07, 6.45) is 2.76. The molecule has 0 aliphatic carbocycles. The molecule has 2 heterocycles. The Hall–Kier alpha value is -2.98. The number of methoxy groups -OCH3 is 1. The molecule has 0 saturated carbocycles. The van der Waals surface area contributed by atoms with Gasteiger partial charge >= 0.3 is 5.97 Å². The van der Waals surface area contributed by atoms with Gasteiger partial charge in [0, 0.05) is 15.9 Å². The fourth-order valence-corrected chi connectivity index (χ4v) is 5.01. The molecule has 202 valence electrons. The van der Waals surface area contributed by atoms with E-state index in [1.807, 2.05) is 49.4 Å². The van der Waals surface area contributed by atoms with E-state index in [4.69, 9.17) is 19.3 Å². The van der Waals surface area contributed by atoms with E-state index in [1.54, 1.807) is 23.6 Å². The third-order valence-electron chi connectivity index (χ3n) is 6.03. The second-order valence-corrected chi connectivity index (χ2v) is 10.9. The van der Waals surface area contributed by atoms with Gasteiger partial charge in [0.1, 0.15) is 12.6 Å². The number of anilines is 1. The highest BCUT2D eigenvalue weighted by atomic mass is 79.9. The van der Waals surface area contributed by atoms with Crippen molar-refractivity contribution in [2.75, 3.05) is 24.8 Å². The number of benzene rings is 2. The highest BCUT2D eigenvalue weighted by Gasteiger charge is 2.35. The first-order valence-corrected chi connectivity index (χ1v) is 14.5. The van der Waals surface area contributed by atoms with Gasteiger partial charge < -0.3 is 19.5 Å². The molecule has 4 rings (SSSR count). The van der Waals surface area contributed by atoms with Crippen LogP contribution in [0, 0.1) is 0 Å². The maximum Gasteiger partial charge on any atom is 0.338 e. The summed E-state index contributed by atoms with van der Waals surface area (Å²) in [7, 11) is 1.61. The smallest absolute Gasteiger partial charge is 0.338 e. The van der Waals surface area contributed by atoms with E-state index in [2.05, 4.69) is 40.1 Å². The molecular weight excluding hydrogens is 568 g/mol. The van der Waals surface area contributed by atoms with Crippen molar-refractivity contribution in [2.45, 2.75) is 57.8 Å². The molecule has 38 heavy (non-hydrogen) atoms. The number of thioether (sulfide) groups is 1. The summed E-state index contributed by atoms with van der Waals surface area (Å²) in [5.74, 6) is 2.30. The normalized spacial score (nSPS) is 14.6. The SMILES string of the molecule is CCCCOC(=O)C1=C(C)Nc2nc(SCCC)nn2C1c1ccc(OCc2ccc(Br)cc2)c(OC)c1. The number of rotatable bonds is 12. The molecule has 10 heteroatoms. The first-order chi connectivity index (χ1) is 18.4. The predicted molar refractivity (Wildman–Crippen MR) is 153 cm³/mol. The maximum absolute atomic E-state index is 13.3. The maximum atomic E-state index is 13.3. The number of hydrogen-bond donors (Lipinski definition) is 1. The number of carbonyl (C=O) groups is 1. The zero-order valence-electron chi connectivity index (χ0n) is 22.1. The molecule has 3 aromatic rings. The number of esters is 1. The van der Waals surface area contributed by atoms with E-state index < -0.39 is 6.04 Å². The van der Waals surface area contributed by atoms with Gasteiger partial charge in [-0.2, -0.15) is 4.98 Å². The van der Waals surface area contributed by atoms with Gasteiger partial charge in [0.15, 0.2) is 11.5 Å². The molecule has 0 radical (unpaired) electrons. The number of ether oxygens (including phenoxy) is 3. The number of hydrogen-bond acceptors (Lipinski definition) is 8. The average molecular weight is 602 g/mol. The lowest BCUT2D eigenvalue weighted by Gasteiger charge is -2.28. The number of nitrogens with one attached hydrogen (secondary N) is 1. The van der Waals surface area contributed by atoms with Crippen LogP contribution in [0.5, 0.6) is 11.5 Å². The number of unbranched alkanes of at least 4 members (excludes halogenated alkanes) is 1. The van der Waals surface area contributed by atoms with Crippen molar-refractivity contribution in [2.24, 2.45) is 0 Å². The minimum absolute atomic E-state index is 0.368. The standard InChI is InChI=1S/C28H33BrN4O4S/c1-5-7-14-36-26(34)24-18(3)30-27-31-28(38-15-6-2)32-33(27)25(24)20-10-13-22(23(16-20)35-4)37-17-19-8-11-21(29)12-9-19/h8-13,16,25H,5-7,14-15,17H2,1-4H3,(H,30,31,32). The topological polar surface area (TPSA) is 87.5 Å². The number of nitrogens with zero attached hydrogens (tertiary/aromatic N) is 3. The van der Waals surface area contributed by atoms with Crippen LogP contribution in [-0.4, -0.2) is 40.2 Å². The van der Waals surface area contributed by atoms with Crippen LogP contribution in [0.1, 0.15) is 57.2 Å². The van der Waals surface area contributed by atoms with Gasteiger partial charge in [-0.1, -0.05) is 66.2 Å². The van der Waals surface area contributed by atoms with Crippen LogP contribution < -0.4 is 14.8 Å². The Morgan fingerprint density at radius 1 is 1.13 bits per heavy atom. The largest absolute Gasteiger partial charge is 0.493 e. The molecule has 1 aliphatic heterocycles. The van der Waals surface area contributed by atoms with Gasteiger partial charge in [0.2, 0.25) is 11.1 Å². The Labute approximate surface area is 236 Å². The molecule has 1 unspecified atom stereocenters. The van der Waals surface area contributed by atoms with Crippen molar-refractivity contribution in [3.8, 4) is 11.5 Å². The van der Waals surface area contributed by atoms with Gasteiger partial charge in [-0.05, 0) is 55.2 Å². The van der Waals surface area contributed by atoms with Crippen molar-refractivity contribution < 1.29 is 19.0 Å². The second-order valence-electron chi connectivity index (χ2n) is 8.89. The van der Waals surface area contributed by atoms with Crippen LogP contribution in [0.2, 0.25) is 0 Å². The number of allylic oxidation sites excluding steroid dienone is 1.